The van der Waals surface area contributed by atoms with Crippen molar-refractivity contribution in [1.82, 2.24) is 0 Å². The summed E-state index contributed by atoms with van der Waals surface area (Å²) in [6.07, 6.45) is 0. The van der Waals surface area contributed by atoms with E-state index in [9.17, 15) is 0 Å². The topological polar surface area (TPSA) is 91.2 Å². The maximum atomic E-state index is 9.07. The molecule has 5 heteroatoms. The Kier molecular flexibility index (Phi) is 1.91. The lowest BCUT2D eigenvalue weighted by atomic mass is 10.3. The molecule has 11 heavy (non-hydrogen) atoms. The zero-order valence-corrected chi connectivity index (χ0v) is 5.60. The molecule has 0 unspecified atom stereocenters. The highest BCUT2D eigenvalue weighted by Gasteiger charge is 2.03. The molecule has 0 radical (unpaired) electrons. The number of phenols is 2. The lowest BCUT2D eigenvalue weighted by Gasteiger charge is -1.97. The average molecular weight is 153 g/mol. The molecule has 1 aromatic carbocycles. The molecule has 0 fully saturated rings. The van der Waals surface area contributed by atoms with E-state index < -0.39 is 0 Å². The van der Waals surface area contributed by atoms with Crippen molar-refractivity contribution in [2.75, 3.05) is 0 Å². The fraction of sp³-hybridized carbons (Fsp3) is 0. The fourth-order valence-corrected chi connectivity index (χ4v) is 0.662. The molecule has 1 rings (SSSR count). The third-order valence-corrected chi connectivity index (χ3v) is 1.16. The second-order valence-electron chi connectivity index (χ2n) is 1.86. The van der Waals surface area contributed by atoms with E-state index in [-0.39, 0.29) is 17.2 Å². The first kappa shape index (κ1) is 7.33. The Morgan fingerprint density at radius 2 is 2.00 bits per heavy atom. The second kappa shape index (κ2) is 2.87. The Morgan fingerprint density at radius 1 is 1.27 bits per heavy atom. The van der Waals surface area contributed by atoms with Crippen LogP contribution in [0.15, 0.2) is 28.5 Å². The van der Waals surface area contributed by atoms with E-state index in [1.165, 1.54) is 18.2 Å². The number of nitrogens with two attached hydrogens (primary N) is 1. The minimum Gasteiger partial charge on any atom is -0.504 e. The summed E-state index contributed by atoms with van der Waals surface area (Å²) in [7, 11) is 0. The largest absolute Gasteiger partial charge is 0.504 e. The normalized spacial score (nSPS) is 10.5. The minimum atomic E-state index is -0.318. The number of phenolic OH excluding ortho intramolecular Hbond substituents is 2. The first-order chi connectivity index (χ1) is 5.25. The molecular weight excluding hydrogens is 146 g/mol. The van der Waals surface area contributed by atoms with Crippen LogP contribution >= 0.6 is 0 Å². The van der Waals surface area contributed by atoms with Crippen molar-refractivity contribution in [2.45, 2.75) is 0 Å². The molecule has 0 bridgehead atoms. The summed E-state index contributed by atoms with van der Waals surface area (Å²) in [5.41, 5.74) is 0.146. The molecular formula is C6H7N3O2. The van der Waals surface area contributed by atoms with Gasteiger partial charge in [0.05, 0.1) is 0 Å². The van der Waals surface area contributed by atoms with Gasteiger partial charge in [0.2, 0.25) is 0 Å². The van der Waals surface area contributed by atoms with Gasteiger partial charge in [-0.1, -0.05) is 11.3 Å². The monoisotopic (exact) mass is 153 g/mol. The lowest BCUT2D eigenvalue weighted by Crippen LogP contribution is -1.74. The van der Waals surface area contributed by atoms with E-state index in [2.05, 4.69) is 10.3 Å². The molecule has 58 valence electrons. The van der Waals surface area contributed by atoms with Crippen LogP contribution in [0.2, 0.25) is 0 Å². The van der Waals surface area contributed by atoms with Crippen LogP contribution in [0.3, 0.4) is 0 Å². The molecule has 0 heterocycles. The van der Waals surface area contributed by atoms with Crippen LogP contribution < -0.4 is 5.84 Å². The molecule has 1 aromatic rings. The van der Waals surface area contributed by atoms with Gasteiger partial charge in [0.15, 0.2) is 11.5 Å². The first-order valence-electron chi connectivity index (χ1n) is 2.87. The minimum absolute atomic E-state index is 0.146. The van der Waals surface area contributed by atoms with Crippen LogP contribution in [0.4, 0.5) is 5.69 Å². The van der Waals surface area contributed by atoms with Crippen molar-refractivity contribution < 1.29 is 10.2 Å². The highest BCUT2D eigenvalue weighted by atomic mass is 16.3. The van der Waals surface area contributed by atoms with Gasteiger partial charge in [-0.3, -0.25) is 0 Å². The highest BCUT2D eigenvalue weighted by molar-refractivity contribution is 5.57. The van der Waals surface area contributed by atoms with E-state index in [0.717, 1.165) is 0 Å². The van der Waals surface area contributed by atoms with Crippen LogP contribution in [0.25, 0.3) is 0 Å². The van der Waals surface area contributed by atoms with Crippen molar-refractivity contribution in [3.63, 3.8) is 0 Å². The van der Waals surface area contributed by atoms with Gasteiger partial charge >= 0.3 is 0 Å². The van der Waals surface area contributed by atoms with Gasteiger partial charge in [-0.05, 0) is 12.1 Å². The Bertz CT molecular complexity index is 285. The van der Waals surface area contributed by atoms with E-state index in [1.807, 2.05) is 0 Å². The van der Waals surface area contributed by atoms with Crippen molar-refractivity contribution >= 4 is 5.69 Å². The number of para-hydroxylation sites is 1. The Hall–Kier alpha value is -1.78. The molecule has 0 amide bonds. The summed E-state index contributed by atoms with van der Waals surface area (Å²) in [6, 6.07) is 4.34. The van der Waals surface area contributed by atoms with Crippen LogP contribution in [-0.2, 0) is 0 Å². The van der Waals surface area contributed by atoms with Crippen LogP contribution in [0, 0.1) is 0 Å². The van der Waals surface area contributed by atoms with Gasteiger partial charge in [-0.2, -0.15) is 0 Å². The summed E-state index contributed by atoms with van der Waals surface area (Å²) in [5, 5.41) is 24.3. The Balaban J connectivity index is 3.16. The van der Waals surface area contributed by atoms with Gasteiger partial charge in [0, 0.05) is 0 Å². The van der Waals surface area contributed by atoms with Crippen molar-refractivity contribution in [1.29, 1.82) is 0 Å². The molecule has 0 aliphatic heterocycles. The Morgan fingerprint density at radius 3 is 2.64 bits per heavy atom. The molecule has 0 saturated carbocycles. The maximum absolute atomic E-state index is 9.07. The average Bonchev–Trinajstić information content (AvgIpc) is 1.99. The fourth-order valence-electron chi connectivity index (χ4n) is 0.662. The molecule has 0 aliphatic carbocycles. The number of nitrogens with zero attached hydrogens (tertiary/aromatic N) is 2. The molecule has 0 spiro atoms. The van der Waals surface area contributed by atoms with Crippen LogP contribution in [-0.4, -0.2) is 10.2 Å². The number of rotatable bonds is 1. The van der Waals surface area contributed by atoms with E-state index in [1.54, 1.807) is 0 Å². The Labute approximate surface area is 62.8 Å². The molecule has 5 nitrogen and oxygen atoms in total. The smallest absolute Gasteiger partial charge is 0.185 e. The summed E-state index contributed by atoms with van der Waals surface area (Å²) in [4.78, 5) is 0. The zero-order chi connectivity index (χ0) is 8.27. The summed E-state index contributed by atoms with van der Waals surface area (Å²) >= 11 is 0. The van der Waals surface area contributed by atoms with E-state index >= 15 is 0 Å². The van der Waals surface area contributed by atoms with Gasteiger partial charge in [-0.15, -0.1) is 5.11 Å². The van der Waals surface area contributed by atoms with Gasteiger partial charge in [-0.25, -0.2) is 0 Å². The molecule has 0 saturated heterocycles. The number of aromatic hydroxyl groups is 2. The second-order valence-corrected chi connectivity index (χ2v) is 1.86. The maximum Gasteiger partial charge on any atom is 0.185 e. The number of benzene rings is 1. The van der Waals surface area contributed by atoms with Crippen molar-refractivity contribution in [3.8, 4) is 11.5 Å². The van der Waals surface area contributed by atoms with Gasteiger partial charge in [0.1, 0.15) is 5.69 Å². The standard InChI is InChI=1S/C6H7N3O2/c7-9-8-4-2-1-3-5(10)6(4)11/h1-3,10-11H,(H2,7,8). The SMILES string of the molecule is NN=Nc1cccc(O)c1O. The highest BCUT2D eigenvalue weighted by Crippen LogP contribution is 2.34. The molecule has 4 N–H and O–H groups in total. The predicted octanol–water partition coefficient (Wildman–Crippen LogP) is 1.06. The summed E-state index contributed by atoms with van der Waals surface area (Å²) < 4.78 is 0. The van der Waals surface area contributed by atoms with Crippen molar-refractivity contribution in [3.05, 3.63) is 18.2 Å². The van der Waals surface area contributed by atoms with Gasteiger partial charge in [0.25, 0.3) is 0 Å². The van der Waals surface area contributed by atoms with Crippen molar-refractivity contribution in [2.24, 2.45) is 16.2 Å². The third-order valence-electron chi connectivity index (χ3n) is 1.16. The quantitative estimate of drug-likeness (QED) is 0.244. The molecule has 0 aromatic heterocycles. The summed E-state index contributed by atoms with van der Waals surface area (Å²) in [5.74, 6) is 4.19. The predicted molar refractivity (Wildman–Crippen MR) is 38.5 cm³/mol. The van der Waals surface area contributed by atoms with E-state index in [4.69, 9.17) is 16.1 Å². The third kappa shape index (κ3) is 1.37. The number of hydrogen-bond acceptors (Lipinski definition) is 4. The van der Waals surface area contributed by atoms with Crippen LogP contribution in [0.1, 0.15) is 0 Å². The molecule has 0 atom stereocenters. The van der Waals surface area contributed by atoms with Gasteiger partial charge < -0.3 is 16.1 Å². The molecule has 0 aliphatic rings. The first-order valence-corrected chi connectivity index (χ1v) is 2.87. The van der Waals surface area contributed by atoms with E-state index in [0.29, 0.717) is 0 Å². The lowest BCUT2D eigenvalue weighted by molar-refractivity contribution is 0.404. The zero-order valence-electron chi connectivity index (χ0n) is 5.60. The number of hydrogen-bond donors (Lipinski definition) is 3. The van der Waals surface area contributed by atoms with Crippen LogP contribution in [0.5, 0.6) is 11.5 Å². The summed E-state index contributed by atoms with van der Waals surface area (Å²) in [6.45, 7) is 0.